The van der Waals surface area contributed by atoms with Gasteiger partial charge in [-0.05, 0) is 36.2 Å². The number of aromatic amines is 1. The third-order valence-corrected chi connectivity index (χ3v) is 5.89. The second kappa shape index (κ2) is 11.4. The van der Waals surface area contributed by atoms with Crippen LogP contribution in [0.5, 0.6) is 5.75 Å². The van der Waals surface area contributed by atoms with E-state index in [0.717, 1.165) is 10.5 Å². The zero-order chi connectivity index (χ0) is 23.8. The predicted octanol–water partition coefficient (Wildman–Crippen LogP) is 2.03. The summed E-state index contributed by atoms with van der Waals surface area (Å²) < 4.78 is 6.34. The summed E-state index contributed by atoms with van der Waals surface area (Å²) in [6.07, 6.45) is 0.475. The van der Waals surface area contributed by atoms with E-state index < -0.39 is 11.2 Å². The summed E-state index contributed by atoms with van der Waals surface area (Å²) in [7, 11) is 1.55. The fourth-order valence-corrected chi connectivity index (χ4v) is 4.03. The minimum Gasteiger partial charge on any atom is -0.508 e. The van der Waals surface area contributed by atoms with Gasteiger partial charge in [-0.3, -0.25) is 19.1 Å². The third-order valence-electron chi connectivity index (χ3n) is 4.90. The molecule has 0 saturated heterocycles. The normalized spacial score (nSPS) is 10.8. The maximum Gasteiger partial charge on any atom is 0.330 e. The van der Waals surface area contributed by atoms with Crippen LogP contribution in [0.4, 0.5) is 11.5 Å². The number of anilines is 2. The summed E-state index contributed by atoms with van der Waals surface area (Å²) in [6, 6.07) is 15.7. The highest BCUT2D eigenvalue weighted by atomic mass is 32.2. The highest BCUT2D eigenvalue weighted by Gasteiger charge is 2.24. The summed E-state index contributed by atoms with van der Waals surface area (Å²) in [6.45, 7) is 0.730. The first-order valence-electron chi connectivity index (χ1n) is 10.3. The number of H-pyrrole nitrogens is 1. The number of carbonyl (C=O) groups excluding carboxylic acids is 1. The van der Waals surface area contributed by atoms with Crippen molar-refractivity contribution in [2.45, 2.75) is 17.9 Å². The highest BCUT2D eigenvalue weighted by molar-refractivity contribution is 8.00. The Morgan fingerprint density at radius 1 is 1.15 bits per heavy atom. The molecule has 1 amide bonds. The van der Waals surface area contributed by atoms with Gasteiger partial charge >= 0.3 is 5.69 Å². The van der Waals surface area contributed by atoms with Crippen molar-refractivity contribution in [1.29, 1.82) is 0 Å². The lowest BCUT2D eigenvalue weighted by Crippen LogP contribution is -2.42. The molecule has 2 aromatic carbocycles. The predicted molar refractivity (Wildman–Crippen MR) is 129 cm³/mol. The van der Waals surface area contributed by atoms with Gasteiger partial charge in [-0.1, -0.05) is 30.3 Å². The van der Waals surface area contributed by atoms with Gasteiger partial charge in [0.25, 0.3) is 5.56 Å². The van der Waals surface area contributed by atoms with Crippen LogP contribution in [0.15, 0.2) is 69.1 Å². The molecule has 0 fully saturated rings. The number of phenolic OH excluding ortho intramolecular Hbond substituents is 1. The third kappa shape index (κ3) is 6.27. The van der Waals surface area contributed by atoms with Crippen molar-refractivity contribution >= 4 is 29.2 Å². The Morgan fingerprint density at radius 3 is 2.52 bits per heavy atom. The first kappa shape index (κ1) is 24.1. The molecule has 3 rings (SSSR count). The standard InChI is InChI=1S/C23H26N4O5S/c1-32-13-5-12-26(19(29)15-33-18-10-8-17(28)9-11-18)20-21(24)27(23(31)25-22(20)30)14-16-6-3-2-4-7-16/h2-4,6-11,28H,5,12-15,24H2,1H3,(H,25,30,31). The molecule has 0 unspecified atom stereocenters. The van der Waals surface area contributed by atoms with Crippen molar-refractivity contribution in [3.05, 3.63) is 81.0 Å². The average molecular weight is 471 g/mol. The van der Waals surface area contributed by atoms with E-state index >= 15 is 0 Å². The topological polar surface area (TPSA) is 131 Å². The number of nitrogens with zero attached hydrogens (tertiary/aromatic N) is 2. The van der Waals surface area contributed by atoms with Gasteiger partial charge in [0.05, 0.1) is 12.3 Å². The van der Waals surface area contributed by atoms with Crippen molar-refractivity contribution in [1.82, 2.24) is 9.55 Å². The second-order valence-electron chi connectivity index (χ2n) is 7.24. The van der Waals surface area contributed by atoms with Gasteiger partial charge in [0.15, 0.2) is 5.69 Å². The van der Waals surface area contributed by atoms with Gasteiger partial charge < -0.3 is 20.5 Å². The number of hydrogen-bond acceptors (Lipinski definition) is 7. The minimum absolute atomic E-state index is 0.0362. The van der Waals surface area contributed by atoms with Crippen molar-refractivity contribution in [3.63, 3.8) is 0 Å². The summed E-state index contributed by atoms with van der Waals surface area (Å²) in [5, 5.41) is 9.43. The Morgan fingerprint density at radius 2 is 1.85 bits per heavy atom. The van der Waals surface area contributed by atoms with Crippen LogP contribution >= 0.6 is 11.8 Å². The Kier molecular flexibility index (Phi) is 8.34. The lowest BCUT2D eigenvalue weighted by Gasteiger charge is -2.24. The zero-order valence-electron chi connectivity index (χ0n) is 18.2. The Balaban J connectivity index is 1.92. The fourth-order valence-electron chi connectivity index (χ4n) is 3.25. The molecule has 1 heterocycles. The first-order valence-corrected chi connectivity index (χ1v) is 11.3. The number of benzene rings is 2. The number of aromatic hydroxyl groups is 1. The summed E-state index contributed by atoms with van der Waals surface area (Å²) in [4.78, 5) is 42.8. The van der Waals surface area contributed by atoms with E-state index in [4.69, 9.17) is 10.5 Å². The SMILES string of the molecule is COCCCN(C(=O)CSc1ccc(O)cc1)c1c(N)n(Cc2ccccc2)c(=O)[nH]c1=O. The molecule has 33 heavy (non-hydrogen) atoms. The molecule has 9 nitrogen and oxygen atoms in total. The number of methoxy groups -OCH3 is 1. The maximum absolute atomic E-state index is 13.2. The number of aromatic nitrogens is 2. The molecule has 1 aromatic heterocycles. The van der Waals surface area contributed by atoms with Crippen molar-refractivity contribution in [2.24, 2.45) is 0 Å². The van der Waals surface area contributed by atoms with E-state index in [1.165, 1.54) is 33.4 Å². The fraction of sp³-hybridized carbons (Fsp3) is 0.261. The van der Waals surface area contributed by atoms with Crippen LogP contribution in [-0.2, 0) is 16.1 Å². The molecule has 4 N–H and O–H groups in total. The monoisotopic (exact) mass is 470 g/mol. The molecular formula is C23H26N4O5S. The van der Waals surface area contributed by atoms with Crippen LogP contribution in [0.3, 0.4) is 0 Å². The average Bonchev–Trinajstić information content (AvgIpc) is 2.81. The number of carbonyl (C=O) groups is 1. The lowest BCUT2D eigenvalue weighted by molar-refractivity contribution is -0.116. The molecule has 0 bridgehead atoms. The Hall–Kier alpha value is -3.50. The molecule has 0 radical (unpaired) electrons. The molecule has 0 atom stereocenters. The molecule has 0 saturated carbocycles. The Labute approximate surface area is 194 Å². The first-order chi connectivity index (χ1) is 15.9. The van der Waals surface area contributed by atoms with E-state index in [0.29, 0.717) is 13.0 Å². The van der Waals surface area contributed by atoms with E-state index in [-0.39, 0.29) is 42.0 Å². The van der Waals surface area contributed by atoms with Gasteiger partial charge in [-0.2, -0.15) is 0 Å². The summed E-state index contributed by atoms with van der Waals surface area (Å²) >= 11 is 1.27. The molecule has 174 valence electrons. The Bertz CT molecular complexity index is 1190. The number of hydrogen-bond donors (Lipinski definition) is 3. The van der Waals surface area contributed by atoms with Crippen molar-refractivity contribution in [3.8, 4) is 5.75 Å². The number of nitrogens with two attached hydrogens (primary N) is 1. The van der Waals surface area contributed by atoms with Gasteiger partial charge in [0, 0.05) is 25.2 Å². The highest BCUT2D eigenvalue weighted by Crippen LogP contribution is 2.24. The maximum atomic E-state index is 13.2. The number of nitrogen functional groups attached to an aromatic ring is 1. The quantitative estimate of drug-likeness (QED) is 0.305. The van der Waals surface area contributed by atoms with Crippen LogP contribution in [0, 0.1) is 0 Å². The largest absolute Gasteiger partial charge is 0.508 e. The summed E-state index contributed by atoms with van der Waals surface area (Å²) in [5.41, 5.74) is 5.68. The van der Waals surface area contributed by atoms with Crippen LogP contribution < -0.4 is 21.9 Å². The van der Waals surface area contributed by atoms with Crippen LogP contribution in [0.2, 0.25) is 0 Å². The van der Waals surface area contributed by atoms with Gasteiger partial charge in [-0.25, -0.2) is 4.79 Å². The summed E-state index contributed by atoms with van der Waals surface area (Å²) in [5.74, 6) is -0.250. The number of ether oxygens (including phenoxy) is 1. The molecular weight excluding hydrogens is 444 g/mol. The van der Waals surface area contributed by atoms with Gasteiger partial charge in [0.1, 0.15) is 11.6 Å². The van der Waals surface area contributed by atoms with Crippen LogP contribution in [0.25, 0.3) is 0 Å². The van der Waals surface area contributed by atoms with E-state index in [1.807, 2.05) is 30.3 Å². The number of nitrogens with one attached hydrogen (secondary N) is 1. The van der Waals surface area contributed by atoms with Crippen LogP contribution in [-0.4, -0.2) is 46.6 Å². The van der Waals surface area contributed by atoms with Crippen molar-refractivity contribution in [2.75, 3.05) is 36.6 Å². The van der Waals surface area contributed by atoms with Gasteiger partial charge in [0.2, 0.25) is 5.91 Å². The van der Waals surface area contributed by atoms with E-state index in [9.17, 15) is 19.5 Å². The van der Waals surface area contributed by atoms with E-state index in [2.05, 4.69) is 4.98 Å². The van der Waals surface area contributed by atoms with Crippen molar-refractivity contribution < 1.29 is 14.6 Å². The van der Waals surface area contributed by atoms with Crippen LogP contribution in [0.1, 0.15) is 12.0 Å². The lowest BCUT2D eigenvalue weighted by atomic mass is 10.2. The molecule has 3 aromatic rings. The smallest absolute Gasteiger partial charge is 0.330 e. The molecule has 0 aliphatic rings. The number of amides is 1. The van der Waals surface area contributed by atoms with E-state index in [1.54, 1.807) is 19.2 Å². The molecule has 0 aliphatic heterocycles. The molecule has 0 spiro atoms. The second-order valence-corrected chi connectivity index (χ2v) is 8.29. The number of thioether (sulfide) groups is 1. The molecule has 0 aliphatic carbocycles. The zero-order valence-corrected chi connectivity index (χ0v) is 19.0. The number of phenols is 1. The molecule has 10 heteroatoms. The number of rotatable bonds is 10. The minimum atomic E-state index is -0.720. The van der Waals surface area contributed by atoms with Gasteiger partial charge in [-0.15, -0.1) is 11.8 Å².